The highest BCUT2D eigenvalue weighted by Gasteiger charge is 2.28. The van der Waals surface area contributed by atoms with E-state index in [1.165, 1.54) is 0 Å². The third-order valence-corrected chi connectivity index (χ3v) is 4.71. The second kappa shape index (κ2) is 10.0. The third-order valence-electron chi connectivity index (χ3n) is 4.71. The van der Waals surface area contributed by atoms with E-state index in [1.807, 2.05) is 19.1 Å². The van der Waals surface area contributed by atoms with Crippen LogP contribution in [0, 0.1) is 5.41 Å². The quantitative estimate of drug-likeness (QED) is 0.312. The van der Waals surface area contributed by atoms with Crippen LogP contribution in [-0.4, -0.2) is 35.0 Å². The van der Waals surface area contributed by atoms with Gasteiger partial charge in [0.15, 0.2) is 0 Å². The van der Waals surface area contributed by atoms with E-state index in [4.69, 9.17) is 21.1 Å². The summed E-state index contributed by atoms with van der Waals surface area (Å²) in [7, 11) is 0. The molecule has 1 saturated heterocycles. The summed E-state index contributed by atoms with van der Waals surface area (Å²) < 4.78 is 0. The first-order valence-corrected chi connectivity index (χ1v) is 9.25. The number of hydrogen-bond acceptors (Lipinski definition) is 5. The van der Waals surface area contributed by atoms with Gasteiger partial charge in [0.05, 0.1) is 18.6 Å². The molecule has 0 aliphatic carbocycles. The second-order valence-electron chi connectivity index (χ2n) is 6.84. The van der Waals surface area contributed by atoms with E-state index in [2.05, 4.69) is 10.8 Å². The lowest BCUT2D eigenvalue weighted by atomic mass is 9.99. The highest BCUT2D eigenvalue weighted by atomic mass is 16.7. The number of hydrogen-bond donors (Lipinski definition) is 5. The van der Waals surface area contributed by atoms with Crippen molar-refractivity contribution in [2.24, 2.45) is 5.73 Å². The van der Waals surface area contributed by atoms with Crippen molar-refractivity contribution in [1.29, 1.82) is 5.41 Å². The van der Waals surface area contributed by atoms with Crippen molar-refractivity contribution in [1.82, 2.24) is 10.8 Å². The Bertz CT molecular complexity index is 662. The number of benzene rings is 1. The molecule has 8 heteroatoms. The minimum atomic E-state index is -0.816. The number of carboxylic acids is 1. The molecule has 0 radical (unpaired) electrons. The fourth-order valence-corrected chi connectivity index (χ4v) is 3.13. The van der Waals surface area contributed by atoms with Crippen LogP contribution < -0.4 is 16.5 Å². The van der Waals surface area contributed by atoms with E-state index in [1.54, 1.807) is 12.1 Å². The van der Waals surface area contributed by atoms with E-state index in [-0.39, 0.29) is 42.8 Å². The molecule has 0 bridgehead atoms. The number of aliphatic carboxylic acids is 1. The highest BCUT2D eigenvalue weighted by molar-refractivity contribution is 5.94. The van der Waals surface area contributed by atoms with Gasteiger partial charge in [-0.25, -0.2) is 0 Å². The van der Waals surface area contributed by atoms with Crippen LogP contribution in [0.3, 0.4) is 0 Å². The standard InChI is InChI=1S/C19H28N4O4/c1-2-14(4-3-5-18(25)26)22-17(24)11-15-10-16(23-27-15)12-6-8-13(9-7-12)19(20)21/h6-9,14-16,23H,2-5,10-11H2,1H3,(H3,20,21)(H,22,24)(H,25,26)/t14?,15-,16+/m1/s1. The van der Waals surface area contributed by atoms with Gasteiger partial charge < -0.3 is 16.2 Å². The van der Waals surface area contributed by atoms with E-state index in [9.17, 15) is 9.59 Å². The Kier molecular flexibility index (Phi) is 7.75. The van der Waals surface area contributed by atoms with Gasteiger partial charge in [-0.1, -0.05) is 31.2 Å². The molecule has 3 atom stereocenters. The van der Waals surface area contributed by atoms with Crippen LogP contribution in [0.2, 0.25) is 0 Å². The molecule has 1 aliphatic heterocycles. The van der Waals surface area contributed by atoms with Crippen LogP contribution >= 0.6 is 0 Å². The van der Waals surface area contributed by atoms with Crippen molar-refractivity contribution in [2.45, 2.75) is 63.6 Å². The molecule has 1 aliphatic rings. The summed E-state index contributed by atoms with van der Waals surface area (Å²) >= 11 is 0. The van der Waals surface area contributed by atoms with Crippen LogP contribution in [0.25, 0.3) is 0 Å². The highest BCUT2D eigenvalue weighted by Crippen LogP contribution is 2.27. The summed E-state index contributed by atoms with van der Waals surface area (Å²) in [5.41, 5.74) is 10.1. The van der Waals surface area contributed by atoms with Gasteiger partial charge in [0, 0.05) is 18.0 Å². The largest absolute Gasteiger partial charge is 0.481 e. The van der Waals surface area contributed by atoms with E-state index in [0.29, 0.717) is 24.8 Å². The van der Waals surface area contributed by atoms with Gasteiger partial charge in [0.1, 0.15) is 5.84 Å². The summed E-state index contributed by atoms with van der Waals surface area (Å²) in [6.07, 6.45) is 2.79. The molecule has 1 heterocycles. The van der Waals surface area contributed by atoms with Crippen LogP contribution in [0.1, 0.15) is 62.6 Å². The first-order chi connectivity index (χ1) is 12.9. The number of rotatable bonds is 10. The Labute approximate surface area is 158 Å². The lowest BCUT2D eigenvalue weighted by molar-refractivity contribution is -0.137. The third kappa shape index (κ3) is 6.65. The molecule has 0 spiro atoms. The van der Waals surface area contributed by atoms with E-state index in [0.717, 1.165) is 12.0 Å². The van der Waals surface area contributed by atoms with E-state index < -0.39 is 5.97 Å². The minimum Gasteiger partial charge on any atom is -0.481 e. The summed E-state index contributed by atoms with van der Waals surface area (Å²) in [6.45, 7) is 1.97. The Morgan fingerprint density at radius 3 is 2.70 bits per heavy atom. The number of amidine groups is 1. The molecule has 0 aromatic heterocycles. The number of nitrogens with one attached hydrogen (secondary N) is 3. The van der Waals surface area contributed by atoms with Gasteiger partial charge in [-0.05, 0) is 31.2 Å². The zero-order valence-electron chi connectivity index (χ0n) is 15.5. The number of amides is 1. The first-order valence-electron chi connectivity index (χ1n) is 9.25. The SMILES string of the molecule is CCC(CCCC(=O)O)NC(=O)C[C@H]1C[C@@H](c2ccc(C(=N)N)cc2)NO1. The second-order valence-corrected chi connectivity index (χ2v) is 6.84. The van der Waals surface area contributed by atoms with Crippen LogP contribution in [-0.2, 0) is 14.4 Å². The first kappa shape index (κ1) is 20.9. The van der Waals surface area contributed by atoms with Gasteiger partial charge in [-0.2, -0.15) is 5.48 Å². The Morgan fingerprint density at radius 1 is 1.41 bits per heavy atom. The van der Waals surface area contributed by atoms with Crippen molar-refractivity contribution < 1.29 is 19.5 Å². The molecule has 148 valence electrons. The predicted octanol–water partition coefficient (Wildman–Crippen LogP) is 1.85. The van der Waals surface area contributed by atoms with Crippen LogP contribution in [0.15, 0.2) is 24.3 Å². The van der Waals surface area contributed by atoms with E-state index >= 15 is 0 Å². The van der Waals surface area contributed by atoms with Gasteiger partial charge in [0.25, 0.3) is 0 Å². The average Bonchev–Trinajstić information content (AvgIpc) is 3.09. The van der Waals surface area contributed by atoms with Gasteiger partial charge in [0.2, 0.25) is 5.91 Å². The van der Waals surface area contributed by atoms with Crippen molar-refractivity contribution in [3.8, 4) is 0 Å². The summed E-state index contributed by atoms with van der Waals surface area (Å²) in [4.78, 5) is 28.4. The molecule has 1 fully saturated rings. The lowest BCUT2D eigenvalue weighted by Gasteiger charge is -2.17. The molecule has 27 heavy (non-hydrogen) atoms. The van der Waals surface area contributed by atoms with Crippen molar-refractivity contribution in [3.05, 3.63) is 35.4 Å². The summed E-state index contributed by atoms with van der Waals surface area (Å²) in [6, 6.07) is 7.36. The summed E-state index contributed by atoms with van der Waals surface area (Å²) in [5.74, 6) is -0.874. The van der Waals surface area contributed by atoms with Gasteiger partial charge in [-0.15, -0.1) is 0 Å². The molecule has 2 rings (SSSR count). The zero-order chi connectivity index (χ0) is 19.8. The molecule has 1 aromatic rings. The maximum atomic E-state index is 12.3. The van der Waals surface area contributed by atoms with Gasteiger partial charge >= 0.3 is 5.97 Å². The molecule has 6 N–H and O–H groups in total. The fraction of sp³-hybridized carbons (Fsp3) is 0.526. The molecule has 1 aromatic carbocycles. The minimum absolute atomic E-state index is 0.0126. The number of nitrogen functional groups attached to an aromatic ring is 1. The van der Waals surface area contributed by atoms with Crippen LogP contribution in [0.5, 0.6) is 0 Å². The predicted molar refractivity (Wildman–Crippen MR) is 101 cm³/mol. The number of carbonyl (C=O) groups excluding carboxylic acids is 1. The smallest absolute Gasteiger partial charge is 0.303 e. The van der Waals surface area contributed by atoms with Crippen molar-refractivity contribution in [3.63, 3.8) is 0 Å². The zero-order valence-corrected chi connectivity index (χ0v) is 15.5. The monoisotopic (exact) mass is 376 g/mol. The molecular formula is C19H28N4O4. The molecule has 0 saturated carbocycles. The Morgan fingerprint density at radius 2 is 2.11 bits per heavy atom. The normalized spacial score (nSPS) is 20.2. The van der Waals surface area contributed by atoms with Gasteiger partial charge in [-0.3, -0.25) is 19.8 Å². The topological polar surface area (TPSA) is 138 Å². The van der Waals surface area contributed by atoms with Crippen molar-refractivity contribution >= 4 is 17.7 Å². The maximum Gasteiger partial charge on any atom is 0.303 e. The number of nitrogens with two attached hydrogens (primary N) is 1. The molecule has 8 nitrogen and oxygen atoms in total. The number of carboxylic acid groups (broad SMARTS) is 1. The van der Waals surface area contributed by atoms with Crippen molar-refractivity contribution in [2.75, 3.05) is 0 Å². The Balaban J connectivity index is 1.78. The summed E-state index contributed by atoms with van der Waals surface area (Å²) in [5, 5.41) is 19.1. The lowest BCUT2D eigenvalue weighted by Crippen LogP contribution is -2.36. The molecule has 1 unspecified atom stereocenters. The number of carbonyl (C=O) groups is 2. The molecular weight excluding hydrogens is 348 g/mol. The van der Waals surface area contributed by atoms with Crippen LogP contribution in [0.4, 0.5) is 0 Å². The maximum absolute atomic E-state index is 12.3. The average molecular weight is 376 g/mol. The molecule has 1 amide bonds. The Hall–Kier alpha value is -2.45. The number of hydroxylamine groups is 1. The fourth-order valence-electron chi connectivity index (χ4n) is 3.13.